The fraction of sp³-hybridized carbons (Fsp3) is 0.211. The van der Waals surface area contributed by atoms with Crippen molar-refractivity contribution in [3.8, 4) is 5.69 Å². The third-order valence-corrected chi connectivity index (χ3v) is 4.18. The van der Waals surface area contributed by atoms with Crippen LogP contribution in [-0.2, 0) is 6.54 Å². The van der Waals surface area contributed by atoms with Crippen molar-refractivity contribution in [2.75, 3.05) is 0 Å². The predicted octanol–water partition coefficient (Wildman–Crippen LogP) is 4.45. The number of nitrogens with one attached hydrogen (secondary N) is 1. The van der Waals surface area contributed by atoms with Gasteiger partial charge in [0.25, 0.3) is 0 Å². The highest BCUT2D eigenvalue weighted by Crippen LogP contribution is 2.21. The van der Waals surface area contributed by atoms with Gasteiger partial charge < -0.3 is 5.32 Å². The highest BCUT2D eigenvalue weighted by atomic mass is 19.1. The Labute approximate surface area is 144 Å². The molecule has 0 aliphatic carbocycles. The molecular weight excluding hydrogens is 327 g/mol. The lowest BCUT2D eigenvalue weighted by atomic mass is 10.1. The van der Waals surface area contributed by atoms with E-state index in [1.165, 1.54) is 24.3 Å². The maximum atomic E-state index is 13.7. The Balaban J connectivity index is 1.76. The number of hydrogen-bond donors (Lipinski definition) is 1. The highest BCUT2D eigenvalue weighted by Gasteiger charge is 2.15. The van der Waals surface area contributed by atoms with Crippen molar-refractivity contribution in [3.63, 3.8) is 0 Å². The summed E-state index contributed by atoms with van der Waals surface area (Å²) in [4.78, 5) is 0. The van der Waals surface area contributed by atoms with Gasteiger partial charge in [0, 0.05) is 35.5 Å². The first-order valence-electron chi connectivity index (χ1n) is 7.93. The molecule has 0 bridgehead atoms. The molecule has 130 valence electrons. The molecule has 0 saturated carbocycles. The molecule has 0 saturated heterocycles. The van der Waals surface area contributed by atoms with Crippen molar-refractivity contribution < 1.29 is 13.2 Å². The molecule has 3 aromatic rings. The number of halogens is 3. The van der Waals surface area contributed by atoms with Gasteiger partial charge >= 0.3 is 0 Å². The summed E-state index contributed by atoms with van der Waals surface area (Å²) in [5, 5.41) is 7.52. The molecule has 6 heteroatoms. The van der Waals surface area contributed by atoms with E-state index in [-0.39, 0.29) is 18.4 Å². The molecule has 1 atom stereocenters. The molecule has 1 N–H and O–H groups in total. The second-order valence-corrected chi connectivity index (χ2v) is 5.92. The van der Waals surface area contributed by atoms with Gasteiger partial charge in [-0.3, -0.25) is 0 Å². The molecule has 0 amide bonds. The molecule has 3 nitrogen and oxygen atoms in total. The number of benzene rings is 2. The van der Waals surface area contributed by atoms with Crippen molar-refractivity contribution in [3.05, 3.63) is 82.9 Å². The van der Waals surface area contributed by atoms with Crippen LogP contribution in [0.4, 0.5) is 13.2 Å². The van der Waals surface area contributed by atoms with Gasteiger partial charge in [0.05, 0.1) is 11.9 Å². The highest BCUT2D eigenvalue weighted by molar-refractivity contribution is 5.36. The Morgan fingerprint density at radius 1 is 1.08 bits per heavy atom. The van der Waals surface area contributed by atoms with Crippen LogP contribution in [0.1, 0.15) is 29.8 Å². The van der Waals surface area contributed by atoms with Gasteiger partial charge in [0.2, 0.25) is 0 Å². The summed E-state index contributed by atoms with van der Waals surface area (Å²) >= 11 is 0. The normalized spacial score (nSPS) is 12.4. The third kappa shape index (κ3) is 3.74. The van der Waals surface area contributed by atoms with E-state index in [1.54, 1.807) is 23.0 Å². The Morgan fingerprint density at radius 3 is 2.56 bits per heavy atom. The van der Waals surface area contributed by atoms with Gasteiger partial charge in [0.15, 0.2) is 0 Å². The molecule has 0 radical (unpaired) electrons. The molecular formula is C19H18F3N3. The Kier molecular flexibility index (Phi) is 4.90. The first-order chi connectivity index (χ1) is 12.0. The number of nitrogens with zero attached hydrogens (tertiary/aromatic N) is 2. The zero-order chi connectivity index (χ0) is 18.0. The molecule has 0 spiro atoms. The van der Waals surface area contributed by atoms with Gasteiger partial charge in [0.1, 0.15) is 17.5 Å². The van der Waals surface area contributed by atoms with E-state index in [0.717, 1.165) is 17.3 Å². The average molecular weight is 345 g/mol. The zero-order valence-electron chi connectivity index (χ0n) is 13.9. The monoisotopic (exact) mass is 345 g/mol. The standard InChI is InChI=1S/C19H18F3N3/c1-12(23-10-14-6-7-16(21)9-19(14)22)18-11-24-25(13(18)2)17-5-3-4-15(20)8-17/h3-9,11-12,23H,10H2,1-2H3. The molecule has 25 heavy (non-hydrogen) atoms. The molecule has 1 aromatic heterocycles. The van der Waals surface area contributed by atoms with Crippen LogP contribution in [0.15, 0.2) is 48.7 Å². The Hall–Kier alpha value is -2.60. The maximum absolute atomic E-state index is 13.7. The largest absolute Gasteiger partial charge is 0.306 e. The first-order valence-corrected chi connectivity index (χ1v) is 7.93. The lowest BCUT2D eigenvalue weighted by molar-refractivity contribution is 0.532. The van der Waals surface area contributed by atoms with Crippen LogP contribution in [-0.4, -0.2) is 9.78 Å². The molecule has 0 aliphatic heterocycles. The van der Waals surface area contributed by atoms with Gasteiger partial charge in [-0.15, -0.1) is 0 Å². The van der Waals surface area contributed by atoms with Crippen molar-refractivity contribution >= 4 is 0 Å². The summed E-state index contributed by atoms with van der Waals surface area (Å²) < 4.78 is 41.7. The van der Waals surface area contributed by atoms with E-state index in [2.05, 4.69) is 10.4 Å². The van der Waals surface area contributed by atoms with Crippen molar-refractivity contribution in [1.29, 1.82) is 0 Å². The van der Waals surface area contributed by atoms with Crippen molar-refractivity contribution in [2.24, 2.45) is 0 Å². The van der Waals surface area contributed by atoms with Crippen LogP contribution in [0.2, 0.25) is 0 Å². The maximum Gasteiger partial charge on any atom is 0.130 e. The number of aromatic nitrogens is 2. The predicted molar refractivity (Wildman–Crippen MR) is 89.9 cm³/mol. The number of rotatable bonds is 5. The summed E-state index contributed by atoms with van der Waals surface area (Å²) in [6.45, 7) is 4.09. The van der Waals surface area contributed by atoms with Gasteiger partial charge in [-0.1, -0.05) is 12.1 Å². The van der Waals surface area contributed by atoms with E-state index in [1.807, 2.05) is 13.8 Å². The quantitative estimate of drug-likeness (QED) is 0.740. The SMILES string of the molecule is Cc1c(C(C)NCc2ccc(F)cc2F)cnn1-c1cccc(F)c1. The molecule has 1 heterocycles. The molecule has 0 fully saturated rings. The third-order valence-electron chi connectivity index (χ3n) is 4.18. The minimum atomic E-state index is -0.596. The van der Waals surface area contributed by atoms with Gasteiger partial charge in [-0.2, -0.15) is 5.10 Å². The van der Waals surface area contributed by atoms with Crippen molar-refractivity contribution in [1.82, 2.24) is 15.1 Å². The lowest BCUT2D eigenvalue weighted by Crippen LogP contribution is -2.19. The van der Waals surface area contributed by atoms with E-state index in [0.29, 0.717) is 11.3 Å². The summed E-state index contributed by atoms with van der Waals surface area (Å²) in [5.41, 5.74) is 2.82. The summed E-state index contributed by atoms with van der Waals surface area (Å²) in [6.07, 6.45) is 1.71. The van der Waals surface area contributed by atoms with E-state index < -0.39 is 11.6 Å². The number of hydrogen-bond acceptors (Lipinski definition) is 2. The fourth-order valence-electron chi connectivity index (χ4n) is 2.75. The van der Waals surface area contributed by atoms with Crippen LogP contribution in [0, 0.1) is 24.4 Å². The van der Waals surface area contributed by atoms with Crippen molar-refractivity contribution in [2.45, 2.75) is 26.4 Å². The summed E-state index contributed by atoms with van der Waals surface area (Å²) in [5.74, 6) is -1.50. The molecule has 2 aromatic carbocycles. The minimum absolute atomic E-state index is 0.105. The fourth-order valence-corrected chi connectivity index (χ4v) is 2.75. The average Bonchev–Trinajstić information content (AvgIpc) is 2.95. The van der Waals surface area contributed by atoms with Crippen LogP contribution < -0.4 is 5.32 Å². The smallest absolute Gasteiger partial charge is 0.130 e. The lowest BCUT2D eigenvalue weighted by Gasteiger charge is -2.14. The van der Waals surface area contributed by atoms with Gasteiger partial charge in [-0.25, -0.2) is 17.9 Å². The van der Waals surface area contributed by atoms with Crippen LogP contribution >= 0.6 is 0 Å². The van der Waals surface area contributed by atoms with E-state index in [9.17, 15) is 13.2 Å². The molecule has 1 unspecified atom stereocenters. The van der Waals surface area contributed by atoms with E-state index >= 15 is 0 Å². The second-order valence-electron chi connectivity index (χ2n) is 5.92. The van der Waals surface area contributed by atoms with E-state index in [4.69, 9.17) is 0 Å². The Morgan fingerprint density at radius 2 is 1.84 bits per heavy atom. The zero-order valence-corrected chi connectivity index (χ0v) is 13.9. The minimum Gasteiger partial charge on any atom is -0.306 e. The topological polar surface area (TPSA) is 29.9 Å². The Bertz CT molecular complexity index is 889. The van der Waals surface area contributed by atoms with Crippen LogP contribution in [0.25, 0.3) is 5.69 Å². The molecule has 3 rings (SSSR count). The summed E-state index contributed by atoms with van der Waals surface area (Å²) in [6, 6.07) is 9.62. The summed E-state index contributed by atoms with van der Waals surface area (Å²) in [7, 11) is 0. The second kappa shape index (κ2) is 7.11. The van der Waals surface area contributed by atoms with Crippen LogP contribution in [0.3, 0.4) is 0 Å². The molecule has 0 aliphatic rings. The van der Waals surface area contributed by atoms with Gasteiger partial charge in [-0.05, 0) is 38.1 Å². The first kappa shape index (κ1) is 17.2. The van der Waals surface area contributed by atoms with Crippen LogP contribution in [0.5, 0.6) is 0 Å².